The summed E-state index contributed by atoms with van der Waals surface area (Å²) < 4.78 is 15.4. The van der Waals surface area contributed by atoms with Crippen LogP contribution in [0.4, 0.5) is 10.1 Å². The first-order valence-corrected chi connectivity index (χ1v) is 11.6. The van der Waals surface area contributed by atoms with Gasteiger partial charge in [-0.05, 0) is 65.7 Å². The number of hydrogen-bond acceptors (Lipinski definition) is 3. The van der Waals surface area contributed by atoms with Crippen LogP contribution >= 0.6 is 11.8 Å². The molecule has 1 amide bonds. The van der Waals surface area contributed by atoms with Crippen LogP contribution in [0.5, 0.6) is 0 Å². The minimum absolute atomic E-state index is 0.153. The molecule has 0 unspecified atom stereocenters. The van der Waals surface area contributed by atoms with Gasteiger partial charge in [-0.25, -0.2) is 9.38 Å². The summed E-state index contributed by atoms with van der Waals surface area (Å²) in [7, 11) is 0. The molecule has 2 heterocycles. The van der Waals surface area contributed by atoms with Gasteiger partial charge in [0.05, 0.1) is 10.6 Å². The van der Waals surface area contributed by atoms with Crippen molar-refractivity contribution in [2.24, 2.45) is 4.99 Å². The molecule has 4 nitrogen and oxygen atoms in total. The lowest BCUT2D eigenvalue weighted by Crippen LogP contribution is -2.19. The van der Waals surface area contributed by atoms with Gasteiger partial charge in [0.1, 0.15) is 5.82 Å². The van der Waals surface area contributed by atoms with Gasteiger partial charge < -0.3 is 9.88 Å². The van der Waals surface area contributed by atoms with E-state index in [4.69, 9.17) is 0 Å². The van der Waals surface area contributed by atoms with Gasteiger partial charge in [0.25, 0.3) is 5.91 Å². The van der Waals surface area contributed by atoms with Crippen molar-refractivity contribution < 1.29 is 9.18 Å². The van der Waals surface area contributed by atoms with Crippen LogP contribution in [0.1, 0.15) is 23.6 Å². The molecule has 1 saturated heterocycles. The van der Waals surface area contributed by atoms with Crippen LogP contribution in [0.25, 0.3) is 17.0 Å². The van der Waals surface area contributed by atoms with Crippen molar-refractivity contribution in [1.82, 2.24) is 9.88 Å². The Morgan fingerprint density at radius 1 is 1.00 bits per heavy atom. The molecule has 33 heavy (non-hydrogen) atoms. The van der Waals surface area contributed by atoms with Gasteiger partial charge in [-0.1, -0.05) is 49.4 Å². The first kappa shape index (κ1) is 21.2. The smallest absolute Gasteiger partial charge is 0.264 e. The molecule has 0 atom stereocenters. The molecule has 0 radical (unpaired) electrons. The van der Waals surface area contributed by atoms with E-state index >= 15 is 0 Å². The highest BCUT2D eigenvalue weighted by molar-refractivity contribution is 8.18. The van der Waals surface area contributed by atoms with Crippen molar-refractivity contribution in [2.45, 2.75) is 19.9 Å². The number of hydrogen-bond donors (Lipinski definition) is 1. The van der Waals surface area contributed by atoms with Crippen LogP contribution in [-0.2, 0) is 17.8 Å². The average Bonchev–Trinajstić information content (AvgIpc) is 3.35. The minimum atomic E-state index is -0.246. The number of amidine groups is 1. The highest BCUT2D eigenvalue weighted by atomic mass is 32.2. The molecule has 1 aliphatic heterocycles. The topological polar surface area (TPSA) is 46.4 Å². The maximum Gasteiger partial charge on any atom is 0.264 e. The number of nitrogens with one attached hydrogen (secondary N) is 1. The van der Waals surface area contributed by atoms with Crippen molar-refractivity contribution in [2.75, 3.05) is 0 Å². The molecule has 0 aliphatic carbocycles. The van der Waals surface area contributed by atoms with E-state index in [2.05, 4.69) is 27.9 Å². The quantitative estimate of drug-likeness (QED) is 0.360. The Morgan fingerprint density at radius 3 is 2.48 bits per heavy atom. The van der Waals surface area contributed by atoms with E-state index in [1.54, 1.807) is 12.1 Å². The van der Waals surface area contributed by atoms with Crippen LogP contribution in [-0.4, -0.2) is 15.6 Å². The number of rotatable bonds is 5. The summed E-state index contributed by atoms with van der Waals surface area (Å²) in [6.45, 7) is 2.73. The highest BCUT2D eigenvalue weighted by Gasteiger charge is 2.24. The third kappa shape index (κ3) is 4.61. The fourth-order valence-electron chi connectivity index (χ4n) is 3.85. The lowest BCUT2D eigenvalue weighted by Gasteiger charge is -2.05. The number of nitrogens with zero attached hydrogens (tertiary/aromatic N) is 2. The lowest BCUT2D eigenvalue weighted by atomic mass is 10.1. The van der Waals surface area contributed by atoms with E-state index in [-0.39, 0.29) is 11.7 Å². The second-order valence-electron chi connectivity index (χ2n) is 7.86. The molecular weight excluding hydrogens is 433 g/mol. The van der Waals surface area contributed by atoms with E-state index in [9.17, 15) is 9.18 Å². The summed E-state index contributed by atoms with van der Waals surface area (Å²) in [5.74, 6) is -0.399. The SMILES string of the molecule is CCc1ccc(N=C2NC(=O)/C(=C/c3cn(Cc4ccc(F)cc4)c4ccccc34)S2)cc1. The molecule has 0 bridgehead atoms. The van der Waals surface area contributed by atoms with Gasteiger partial charge in [-0.2, -0.15) is 0 Å². The van der Waals surface area contributed by atoms with E-state index < -0.39 is 0 Å². The van der Waals surface area contributed by atoms with Gasteiger partial charge >= 0.3 is 0 Å². The third-order valence-electron chi connectivity index (χ3n) is 5.60. The monoisotopic (exact) mass is 455 g/mol. The first-order chi connectivity index (χ1) is 16.1. The fourth-order valence-corrected chi connectivity index (χ4v) is 4.69. The maximum atomic E-state index is 13.3. The molecule has 164 valence electrons. The molecule has 3 aromatic carbocycles. The first-order valence-electron chi connectivity index (χ1n) is 10.8. The zero-order chi connectivity index (χ0) is 22.8. The number of halogens is 1. The highest BCUT2D eigenvalue weighted by Crippen LogP contribution is 2.31. The largest absolute Gasteiger partial charge is 0.342 e. The Labute approximate surface area is 195 Å². The molecular formula is C27H22FN3OS. The standard InChI is InChI=1S/C27H22FN3OS/c1-2-18-9-13-22(14-10-18)29-27-30-26(32)25(33-27)15-20-17-31(24-6-4-3-5-23(20)24)16-19-7-11-21(28)12-8-19/h3-15,17H,2,16H2,1H3,(H,29,30,32)/b25-15-. The predicted molar refractivity (Wildman–Crippen MR) is 134 cm³/mol. The van der Waals surface area contributed by atoms with Crippen LogP contribution < -0.4 is 5.32 Å². The van der Waals surface area contributed by atoms with Gasteiger partial charge in [-0.3, -0.25) is 4.79 Å². The van der Waals surface area contributed by atoms with Crippen molar-refractivity contribution in [3.63, 3.8) is 0 Å². The molecule has 6 heteroatoms. The number of aliphatic imine (C=N–C) groups is 1. The number of amides is 1. The number of thioether (sulfide) groups is 1. The number of carbonyl (C=O) groups excluding carboxylic acids is 1. The van der Waals surface area contributed by atoms with Gasteiger partial charge in [-0.15, -0.1) is 0 Å². The van der Waals surface area contributed by atoms with E-state index in [1.807, 2.05) is 54.7 Å². The lowest BCUT2D eigenvalue weighted by molar-refractivity contribution is -0.115. The Balaban J connectivity index is 1.44. The third-order valence-corrected chi connectivity index (χ3v) is 6.51. The van der Waals surface area contributed by atoms with E-state index in [0.29, 0.717) is 16.6 Å². The van der Waals surface area contributed by atoms with Crippen molar-refractivity contribution in [1.29, 1.82) is 0 Å². The predicted octanol–water partition coefficient (Wildman–Crippen LogP) is 6.28. The average molecular weight is 456 g/mol. The van der Waals surface area contributed by atoms with Crippen molar-refractivity contribution in [3.05, 3.63) is 106 Å². The molecule has 1 fully saturated rings. The Hall–Kier alpha value is -3.64. The Kier molecular flexibility index (Phi) is 5.84. The molecule has 5 rings (SSSR count). The van der Waals surface area contributed by atoms with Crippen LogP contribution in [0, 0.1) is 5.82 Å². The number of carbonyl (C=O) groups is 1. The number of benzene rings is 3. The zero-order valence-electron chi connectivity index (χ0n) is 18.1. The van der Waals surface area contributed by atoms with Crippen molar-refractivity contribution >= 4 is 45.5 Å². The number of aryl methyl sites for hydroxylation is 1. The van der Waals surface area contributed by atoms with Crippen molar-refractivity contribution in [3.8, 4) is 0 Å². The van der Waals surface area contributed by atoms with E-state index in [1.165, 1.54) is 29.5 Å². The maximum absolute atomic E-state index is 13.3. The summed E-state index contributed by atoms with van der Waals surface area (Å²) in [5.41, 5.74) is 5.08. The van der Waals surface area contributed by atoms with Gasteiger partial charge in [0.2, 0.25) is 0 Å². The molecule has 1 aromatic heterocycles. The number of fused-ring (bicyclic) bond motifs is 1. The Morgan fingerprint density at radius 2 is 1.73 bits per heavy atom. The Bertz CT molecular complexity index is 1390. The van der Waals surface area contributed by atoms with Crippen LogP contribution in [0.15, 0.2) is 88.9 Å². The fraction of sp³-hybridized carbons (Fsp3) is 0.111. The number of aromatic nitrogens is 1. The molecule has 1 N–H and O–H groups in total. The molecule has 4 aromatic rings. The van der Waals surface area contributed by atoms with Gasteiger partial charge in [0, 0.05) is 29.2 Å². The summed E-state index contributed by atoms with van der Waals surface area (Å²) in [5, 5.41) is 4.50. The van der Waals surface area contributed by atoms with Gasteiger partial charge in [0.15, 0.2) is 5.17 Å². The normalized spacial score (nSPS) is 16.1. The summed E-state index contributed by atoms with van der Waals surface area (Å²) in [6.07, 6.45) is 4.92. The minimum Gasteiger partial charge on any atom is -0.342 e. The second-order valence-corrected chi connectivity index (χ2v) is 8.89. The number of para-hydroxylation sites is 1. The summed E-state index contributed by atoms with van der Waals surface area (Å²) in [6, 6.07) is 22.6. The summed E-state index contributed by atoms with van der Waals surface area (Å²) in [4.78, 5) is 17.8. The summed E-state index contributed by atoms with van der Waals surface area (Å²) >= 11 is 1.34. The molecule has 0 saturated carbocycles. The second kappa shape index (κ2) is 9.08. The zero-order valence-corrected chi connectivity index (χ0v) is 18.9. The molecule has 0 spiro atoms. The molecule has 1 aliphatic rings. The van der Waals surface area contributed by atoms with Crippen LogP contribution in [0.3, 0.4) is 0 Å². The van der Waals surface area contributed by atoms with E-state index in [0.717, 1.165) is 34.1 Å². The van der Waals surface area contributed by atoms with Crippen LogP contribution in [0.2, 0.25) is 0 Å².